The van der Waals surface area contributed by atoms with Crippen LogP contribution in [0.5, 0.6) is 0 Å². The van der Waals surface area contributed by atoms with Gasteiger partial charge in [-0.15, -0.1) is 0 Å². The van der Waals surface area contributed by atoms with Crippen molar-refractivity contribution in [1.82, 2.24) is 30.2 Å². The normalized spacial score (nSPS) is 27.6. The lowest BCUT2D eigenvalue weighted by Crippen LogP contribution is -2.52. The van der Waals surface area contributed by atoms with Crippen LogP contribution in [0, 0.1) is 0 Å². The fourth-order valence-electron chi connectivity index (χ4n) is 6.39. The first-order chi connectivity index (χ1) is 17.3. The van der Waals surface area contributed by atoms with Crippen LogP contribution >= 0.6 is 0 Å². The summed E-state index contributed by atoms with van der Waals surface area (Å²) >= 11 is 0. The van der Waals surface area contributed by atoms with Crippen molar-refractivity contribution in [2.45, 2.75) is 89.2 Å². The fourth-order valence-corrected chi connectivity index (χ4v) is 6.39. The van der Waals surface area contributed by atoms with E-state index < -0.39 is 6.10 Å². The number of likely N-dealkylation sites (tertiary alicyclic amines) is 1. The molecule has 4 heterocycles. The van der Waals surface area contributed by atoms with Crippen molar-refractivity contribution in [3.8, 4) is 0 Å². The van der Waals surface area contributed by atoms with Gasteiger partial charge < -0.3 is 15.7 Å². The van der Waals surface area contributed by atoms with Crippen molar-refractivity contribution in [2.24, 2.45) is 0 Å². The number of rotatable bonds is 8. The first kappa shape index (κ1) is 25.2. The molecule has 3 aliphatic rings. The average molecular weight is 497 g/mol. The Morgan fingerprint density at radius 2 is 1.75 bits per heavy atom. The second-order valence-corrected chi connectivity index (χ2v) is 11.1. The van der Waals surface area contributed by atoms with E-state index in [-0.39, 0.29) is 29.9 Å². The number of amides is 2. The molecule has 2 bridgehead atoms. The Balaban J connectivity index is 1.14. The maximum atomic E-state index is 13.3. The summed E-state index contributed by atoms with van der Waals surface area (Å²) in [6.07, 6.45) is 4.32. The molecule has 2 aromatic rings. The molecule has 5 rings (SSSR count). The van der Waals surface area contributed by atoms with Crippen LogP contribution in [-0.2, 0) is 4.79 Å². The van der Waals surface area contributed by atoms with Crippen molar-refractivity contribution in [2.75, 3.05) is 26.2 Å². The van der Waals surface area contributed by atoms with Crippen molar-refractivity contribution in [3.05, 3.63) is 30.0 Å². The van der Waals surface area contributed by atoms with Crippen molar-refractivity contribution >= 4 is 22.7 Å². The lowest BCUT2D eigenvalue weighted by Gasteiger charge is -2.39. The molecule has 0 radical (unpaired) electrons. The summed E-state index contributed by atoms with van der Waals surface area (Å²) in [6, 6.07) is 9.49. The van der Waals surface area contributed by atoms with Crippen LogP contribution in [0.25, 0.3) is 10.9 Å². The van der Waals surface area contributed by atoms with E-state index in [9.17, 15) is 14.7 Å². The zero-order valence-electron chi connectivity index (χ0n) is 21.7. The minimum absolute atomic E-state index is 0.0641. The zero-order chi connectivity index (χ0) is 25.4. The fraction of sp³-hybridized carbons (Fsp3) is 0.667. The minimum atomic E-state index is -0.957. The van der Waals surface area contributed by atoms with Crippen LogP contribution in [0.4, 0.5) is 0 Å². The number of aliphatic hydroxyl groups excluding tert-OH is 1. The van der Waals surface area contributed by atoms with Gasteiger partial charge in [-0.1, -0.05) is 18.2 Å². The number of hydrogen-bond donors (Lipinski definition) is 3. The van der Waals surface area contributed by atoms with Gasteiger partial charge in [0.25, 0.3) is 5.91 Å². The number of carbonyl (C=O) groups is 2. The number of nitrogens with zero attached hydrogens (tertiary/aromatic N) is 4. The zero-order valence-corrected chi connectivity index (χ0v) is 21.7. The summed E-state index contributed by atoms with van der Waals surface area (Å²) in [5, 5.41) is 21.3. The van der Waals surface area contributed by atoms with Crippen molar-refractivity contribution in [1.29, 1.82) is 0 Å². The van der Waals surface area contributed by atoms with Gasteiger partial charge in [0, 0.05) is 61.8 Å². The van der Waals surface area contributed by atoms with Crippen LogP contribution < -0.4 is 10.6 Å². The highest BCUT2D eigenvalue weighted by Gasteiger charge is 2.41. The van der Waals surface area contributed by atoms with E-state index in [1.165, 1.54) is 19.8 Å². The van der Waals surface area contributed by atoms with Crippen LogP contribution in [0.15, 0.2) is 24.3 Å². The molecule has 196 valence electrons. The molecular weight excluding hydrogens is 456 g/mol. The highest BCUT2D eigenvalue weighted by atomic mass is 16.3. The standard InChI is InChI=1S/C27H40N6O3/c1-17(2)33-24-7-5-4-6-23(24)25(30-33)27(36)29-20-14-21-8-9-22(15-20)32(21)13-12-31-11-10-19(16-31)28-26(35)18(3)34/h4-7,17-22,34H,8-16H2,1-3H3,(H,28,35)(H,29,36)/t18-,19?,20-,21-,22+/m0/s1. The predicted molar refractivity (Wildman–Crippen MR) is 139 cm³/mol. The maximum absolute atomic E-state index is 13.3. The van der Waals surface area contributed by atoms with Gasteiger partial charge in [-0.05, 0) is 58.9 Å². The molecule has 3 aliphatic heterocycles. The lowest BCUT2D eigenvalue weighted by molar-refractivity contribution is -0.129. The summed E-state index contributed by atoms with van der Waals surface area (Å²) in [7, 11) is 0. The Morgan fingerprint density at radius 3 is 2.44 bits per heavy atom. The molecule has 9 heteroatoms. The third-order valence-electron chi connectivity index (χ3n) is 8.21. The molecule has 0 aliphatic carbocycles. The number of benzene rings is 1. The summed E-state index contributed by atoms with van der Waals surface area (Å²) in [6.45, 7) is 9.51. The second kappa shape index (κ2) is 10.5. The molecule has 2 amide bonds. The molecule has 36 heavy (non-hydrogen) atoms. The van der Waals surface area contributed by atoms with Crippen molar-refractivity contribution < 1.29 is 14.7 Å². The molecule has 1 aromatic heterocycles. The first-order valence-electron chi connectivity index (χ1n) is 13.5. The number of piperidine rings is 1. The van der Waals surface area contributed by atoms with Crippen LogP contribution in [0.3, 0.4) is 0 Å². The molecule has 0 spiro atoms. The molecule has 3 fully saturated rings. The molecule has 0 saturated carbocycles. The summed E-state index contributed by atoms with van der Waals surface area (Å²) in [5.74, 6) is -0.348. The molecular formula is C27H40N6O3. The summed E-state index contributed by atoms with van der Waals surface area (Å²) in [5.41, 5.74) is 1.53. The van der Waals surface area contributed by atoms with E-state index in [4.69, 9.17) is 0 Å². The van der Waals surface area contributed by atoms with Gasteiger partial charge in [-0.2, -0.15) is 5.10 Å². The van der Waals surface area contributed by atoms with Crippen molar-refractivity contribution in [3.63, 3.8) is 0 Å². The van der Waals surface area contributed by atoms with Crippen LogP contribution in [0.2, 0.25) is 0 Å². The number of fused-ring (bicyclic) bond motifs is 3. The highest BCUT2D eigenvalue weighted by Crippen LogP contribution is 2.36. The highest BCUT2D eigenvalue weighted by molar-refractivity contribution is 6.05. The third-order valence-corrected chi connectivity index (χ3v) is 8.21. The number of carbonyl (C=O) groups excluding carboxylic acids is 2. The molecule has 1 unspecified atom stereocenters. The van der Waals surface area contributed by atoms with Gasteiger partial charge >= 0.3 is 0 Å². The number of aliphatic hydroxyl groups is 1. The summed E-state index contributed by atoms with van der Waals surface area (Å²) in [4.78, 5) is 30.1. The lowest BCUT2D eigenvalue weighted by atomic mass is 9.97. The van der Waals surface area contributed by atoms with E-state index in [0.717, 1.165) is 56.3 Å². The average Bonchev–Trinajstić information content (AvgIpc) is 3.52. The van der Waals surface area contributed by atoms with E-state index in [1.54, 1.807) is 0 Å². The van der Waals surface area contributed by atoms with Crippen LogP contribution in [-0.4, -0.2) is 93.0 Å². The Morgan fingerprint density at radius 1 is 1.03 bits per heavy atom. The van der Waals surface area contributed by atoms with Gasteiger partial charge in [-0.25, -0.2) is 0 Å². The molecule has 5 atom stereocenters. The Hall–Kier alpha value is -2.49. The number of hydrogen-bond acceptors (Lipinski definition) is 6. The van der Waals surface area contributed by atoms with Gasteiger partial charge in [0.1, 0.15) is 6.10 Å². The van der Waals surface area contributed by atoms with Gasteiger partial charge in [0.15, 0.2) is 5.69 Å². The van der Waals surface area contributed by atoms with Gasteiger partial charge in [-0.3, -0.25) is 24.1 Å². The monoisotopic (exact) mass is 496 g/mol. The Labute approximate surface area is 213 Å². The van der Waals surface area contributed by atoms with Gasteiger partial charge in [0.2, 0.25) is 5.91 Å². The number of nitrogens with one attached hydrogen (secondary N) is 2. The quantitative estimate of drug-likeness (QED) is 0.516. The number of para-hydroxylation sites is 1. The van der Waals surface area contributed by atoms with E-state index >= 15 is 0 Å². The SMILES string of the molecule is CC(C)n1nc(C(=O)N[C@@H]2C[C@H]3CC[C@@H](C2)N3CCN2CCC(NC(=O)[C@H](C)O)C2)c2ccccc21. The largest absolute Gasteiger partial charge is 0.384 e. The summed E-state index contributed by atoms with van der Waals surface area (Å²) < 4.78 is 1.94. The Bertz CT molecular complexity index is 1080. The number of aromatic nitrogens is 2. The minimum Gasteiger partial charge on any atom is -0.384 e. The van der Waals surface area contributed by atoms with E-state index in [2.05, 4.69) is 39.4 Å². The predicted octanol–water partition coefficient (Wildman–Crippen LogP) is 1.91. The Kier molecular flexibility index (Phi) is 7.32. The van der Waals surface area contributed by atoms with E-state index in [0.29, 0.717) is 17.8 Å². The molecule has 9 nitrogen and oxygen atoms in total. The third kappa shape index (κ3) is 5.14. The van der Waals surface area contributed by atoms with Gasteiger partial charge in [0.05, 0.1) is 5.52 Å². The smallest absolute Gasteiger partial charge is 0.272 e. The molecule has 3 saturated heterocycles. The topological polar surface area (TPSA) is 103 Å². The molecule has 3 N–H and O–H groups in total. The van der Waals surface area contributed by atoms with Crippen LogP contribution in [0.1, 0.15) is 69.4 Å². The second-order valence-electron chi connectivity index (χ2n) is 11.1. The first-order valence-corrected chi connectivity index (χ1v) is 13.5. The van der Waals surface area contributed by atoms with E-state index in [1.807, 2.05) is 28.9 Å². The maximum Gasteiger partial charge on any atom is 0.272 e. The molecule has 1 aromatic carbocycles.